The summed E-state index contributed by atoms with van der Waals surface area (Å²) >= 11 is 0. The maximum absolute atomic E-state index is 14.0. The first-order chi connectivity index (χ1) is 17.7. The molecule has 0 saturated heterocycles. The summed E-state index contributed by atoms with van der Waals surface area (Å²) in [6, 6.07) is 5.97. The fourth-order valence-electron chi connectivity index (χ4n) is 3.78. The van der Waals surface area contributed by atoms with Crippen LogP contribution in [0.15, 0.2) is 46.2 Å². The van der Waals surface area contributed by atoms with Crippen molar-refractivity contribution in [1.82, 2.24) is 19.6 Å². The van der Waals surface area contributed by atoms with E-state index in [1.807, 2.05) is 20.8 Å². The first-order valence-electron chi connectivity index (χ1n) is 11.8. The molecule has 4 rings (SSSR count). The average molecular weight is 564 g/mol. The lowest BCUT2D eigenvalue weighted by Crippen LogP contribution is -2.36. The molecule has 3 heterocycles. The summed E-state index contributed by atoms with van der Waals surface area (Å²) in [7, 11) is -7.60. The summed E-state index contributed by atoms with van der Waals surface area (Å²) in [5, 5.41) is 22.7. The van der Waals surface area contributed by atoms with Crippen LogP contribution in [0.4, 0.5) is 11.4 Å². The molecule has 1 aliphatic rings. The lowest BCUT2D eigenvalue weighted by Gasteiger charge is -2.26. The molecule has 1 atom stereocenters. The number of fused-ring (bicyclic) bond motifs is 1. The van der Waals surface area contributed by atoms with E-state index in [0.717, 1.165) is 6.26 Å². The molecule has 1 unspecified atom stereocenters. The molecule has 1 aromatic carbocycles. The molecule has 15 heteroatoms. The Hall–Kier alpha value is -3.48. The molecule has 0 aliphatic carbocycles. The van der Waals surface area contributed by atoms with Gasteiger partial charge in [-0.1, -0.05) is 20.8 Å². The van der Waals surface area contributed by atoms with Crippen molar-refractivity contribution in [3.05, 3.63) is 52.6 Å². The normalized spacial score (nSPS) is 17.4. The molecule has 1 aliphatic heterocycles. The van der Waals surface area contributed by atoms with E-state index in [-0.39, 0.29) is 52.5 Å². The molecule has 0 amide bonds. The van der Waals surface area contributed by atoms with E-state index in [0.29, 0.717) is 6.42 Å². The number of nitrogens with zero attached hydrogens (tertiary/aromatic N) is 5. The smallest absolute Gasteiger partial charge is 0.348 e. The van der Waals surface area contributed by atoms with Gasteiger partial charge in [-0.25, -0.2) is 17.8 Å². The molecule has 38 heavy (non-hydrogen) atoms. The zero-order valence-corrected chi connectivity index (χ0v) is 23.4. The van der Waals surface area contributed by atoms with E-state index in [1.54, 1.807) is 19.2 Å². The van der Waals surface area contributed by atoms with E-state index < -0.39 is 28.9 Å². The Morgan fingerprint density at radius 3 is 2.61 bits per heavy atom. The van der Waals surface area contributed by atoms with Crippen molar-refractivity contribution in [2.75, 3.05) is 22.9 Å². The van der Waals surface area contributed by atoms with Crippen molar-refractivity contribution >= 4 is 40.1 Å². The highest BCUT2D eigenvalue weighted by atomic mass is 32.2. The van der Waals surface area contributed by atoms with Gasteiger partial charge in [-0.3, -0.25) is 14.1 Å². The highest BCUT2D eigenvalue weighted by molar-refractivity contribution is 7.92. The fourth-order valence-corrected chi connectivity index (χ4v) is 6.14. The second kappa shape index (κ2) is 10.0. The third-order valence-electron chi connectivity index (χ3n) is 5.54. The number of aromatic nitrogens is 4. The Kier molecular flexibility index (Phi) is 7.26. The SMILES string of the molecule is CCOP1(=O)N=C(c2c(O)c(-n3cccn3)nn(CCC(C)(C)C)c2=O)Nc2ccc(NS(C)(=O)=O)cc21. The molecule has 0 bridgehead atoms. The molecule has 2 aromatic heterocycles. The van der Waals surface area contributed by atoms with Crippen LogP contribution in [0.2, 0.25) is 0 Å². The topological polar surface area (TPSA) is 170 Å². The first kappa shape index (κ1) is 27.6. The third kappa shape index (κ3) is 5.82. The second-order valence-corrected chi connectivity index (χ2v) is 13.7. The molecule has 0 fully saturated rings. The summed E-state index contributed by atoms with van der Waals surface area (Å²) in [6.07, 6.45) is 4.68. The van der Waals surface area contributed by atoms with Crippen molar-refractivity contribution < 1.29 is 22.6 Å². The maximum Gasteiger partial charge on any atom is 0.348 e. The minimum absolute atomic E-state index is 0.00671. The van der Waals surface area contributed by atoms with Crippen molar-refractivity contribution in [3.63, 3.8) is 0 Å². The Bertz CT molecular complexity index is 1610. The number of rotatable bonds is 8. The average Bonchev–Trinajstić information content (AvgIpc) is 3.32. The Balaban J connectivity index is 1.90. The predicted octanol–water partition coefficient (Wildman–Crippen LogP) is 2.67. The molecule has 3 N–H and O–H groups in total. The van der Waals surface area contributed by atoms with Gasteiger partial charge in [0.05, 0.1) is 23.9 Å². The number of hydrogen-bond acceptors (Lipinski definition) is 9. The number of nitrogens with one attached hydrogen (secondary N) is 2. The Morgan fingerprint density at radius 2 is 2.00 bits per heavy atom. The fraction of sp³-hybridized carbons (Fsp3) is 0.391. The number of amidine groups is 1. The lowest BCUT2D eigenvalue weighted by atomic mass is 9.92. The number of sulfonamides is 1. The van der Waals surface area contributed by atoms with Gasteiger partial charge in [-0.15, -0.1) is 5.10 Å². The number of aromatic hydroxyl groups is 1. The van der Waals surface area contributed by atoms with Gasteiger partial charge in [0.1, 0.15) is 5.56 Å². The van der Waals surface area contributed by atoms with Gasteiger partial charge in [-0.05, 0) is 43.0 Å². The number of anilines is 2. The lowest BCUT2D eigenvalue weighted by molar-refractivity contribution is 0.333. The van der Waals surface area contributed by atoms with Crippen LogP contribution in [-0.4, -0.2) is 51.8 Å². The number of hydrogen-bond donors (Lipinski definition) is 3. The molecular weight excluding hydrogens is 533 g/mol. The van der Waals surface area contributed by atoms with Crippen molar-refractivity contribution in [3.8, 4) is 11.6 Å². The van der Waals surface area contributed by atoms with Crippen LogP contribution in [0.5, 0.6) is 5.75 Å². The quantitative estimate of drug-likeness (QED) is 0.349. The van der Waals surface area contributed by atoms with E-state index >= 15 is 0 Å². The van der Waals surface area contributed by atoms with E-state index in [9.17, 15) is 22.9 Å². The molecule has 3 aromatic rings. The van der Waals surface area contributed by atoms with Crippen molar-refractivity contribution in [2.45, 2.75) is 40.7 Å². The second-order valence-electron chi connectivity index (χ2n) is 9.95. The van der Waals surface area contributed by atoms with E-state index in [4.69, 9.17) is 4.52 Å². The van der Waals surface area contributed by atoms with Gasteiger partial charge in [0.2, 0.25) is 15.8 Å². The summed E-state index contributed by atoms with van der Waals surface area (Å²) in [4.78, 5) is 13.6. The van der Waals surface area contributed by atoms with Crippen molar-refractivity contribution in [2.24, 2.45) is 10.2 Å². The molecule has 204 valence electrons. The predicted molar refractivity (Wildman–Crippen MR) is 145 cm³/mol. The number of aryl methyl sites for hydroxylation is 1. The number of benzene rings is 1. The zero-order chi connectivity index (χ0) is 27.9. The highest BCUT2D eigenvalue weighted by Gasteiger charge is 2.36. The van der Waals surface area contributed by atoms with Gasteiger partial charge in [0, 0.05) is 24.6 Å². The summed E-state index contributed by atoms with van der Waals surface area (Å²) in [5.74, 6) is -0.674. The highest BCUT2D eigenvalue weighted by Crippen LogP contribution is 2.52. The monoisotopic (exact) mass is 563 g/mol. The van der Waals surface area contributed by atoms with Crippen LogP contribution in [0, 0.1) is 5.41 Å². The van der Waals surface area contributed by atoms with Crippen LogP contribution in [0.25, 0.3) is 5.82 Å². The Labute approximate surface area is 220 Å². The molecule has 0 radical (unpaired) electrons. The molecule has 0 spiro atoms. The minimum Gasteiger partial charge on any atom is -0.504 e. The molecule has 13 nitrogen and oxygen atoms in total. The first-order valence-corrected chi connectivity index (χ1v) is 15.3. The van der Waals surface area contributed by atoms with Gasteiger partial charge >= 0.3 is 7.52 Å². The van der Waals surface area contributed by atoms with E-state index in [2.05, 4.69) is 25.0 Å². The van der Waals surface area contributed by atoms with Crippen LogP contribution in [-0.2, 0) is 25.7 Å². The van der Waals surface area contributed by atoms with Crippen LogP contribution < -0.4 is 20.9 Å². The largest absolute Gasteiger partial charge is 0.504 e. The van der Waals surface area contributed by atoms with Gasteiger partial charge < -0.3 is 14.9 Å². The van der Waals surface area contributed by atoms with E-state index in [1.165, 1.54) is 33.8 Å². The molecule has 0 saturated carbocycles. The van der Waals surface area contributed by atoms with Crippen molar-refractivity contribution in [1.29, 1.82) is 0 Å². The summed E-state index contributed by atoms with van der Waals surface area (Å²) < 4.78 is 52.1. The Morgan fingerprint density at radius 1 is 1.26 bits per heavy atom. The van der Waals surface area contributed by atoms with Gasteiger partial charge in [-0.2, -0.15) is 9.86 Å². The molecular formula is C23H30N7O6PS. The summed E-state index contributed by atoms with van der Waals surface area (Å²) in [6.45, 7) is 7.99. The van der Waals surface area contributed by atoms with Crippen LogP contribution >= 0.6 is 7.52 Å². The minimum atomic E-state index is -4.00. The van der Waals surface area contributed by atoms with Gasteiger partial charge in [0.15, 0.2) is 11.6 Å². The van der Waals surface area contributed by atoms with Crippen LogP contribution in [0.1, 0.15) is 39.7 Å². The summed E-state index contributed by atoms with van der Waals surface area (Å²) in [5.41, 5.74) is -0.543. The van der Waals surface area contributed by atoms with Crippen LogP contribution in [0.3, 0.4) is 0 Å². The standard InChI is InChI=1S/C23H30N7O6PS/c1-6-36-37(33)17-14-15(28-38(5,34)35)8-9-16(17)25-20(27-37)18-19(31)21(29-12-7-11-24-29)26-30(22(18)32)13-10-23(2,3)4/h7-9,11-12,14,28,31H,6,10,13H2,1-5H3,(H,25,27,33). The third-order valence-corrected chi connectivity index (χ3v) is 8.20. The maximum atomic E-state index is 14.0. The zero-order valence-electron chi connectivity index (χ0n) is 21.7. The van der Waals surface area contributed by atoms with Gasteiger partial charge in [0.25, 0.3) is 5.56 Å².